The first kappa shape index (κ1) is 27.7. The molecule has 3 aliphatic rings. The maximum atomic E-state index is 12.6. The molecule has 0 aliphatic heterocycles. The lowest BCUT2D eigenvalue weighted by Crippen LogP contribution is -2.35. The number of hydrogen-bond acceptors (Lipinski definition) is 2. The number of fused-ring (bicyclic) bond motifs is 1. The first-order chi connectivity index (χ1) is 17.7. The Bertz CT molecular complexity index is 1040. The number of hydrogen-bond donors (Lipinski definition) is 0. The van der Waals surface area contributed by atoms with Crippen LogP contribution in [0.5, 0.6) is 0 Å². The lowest BCUT2D eigenvalue weighted by molar-refractivity contribution is 0.0270. The van der Waals surface area contributed by atoms with Gasteiger partial charge in [0.1, 0.15) is 6.10 Å². The van der Waals surface area contributed by atoms with E-state index in [0.29, 0.717) is 34.7 Å². The number of benzene rings is 1. The molecule has 0 bridgehead atoms. The van der Waals surface area contributed by atoms with Gasteiger partial charge in [0.05, 0.1) is 5.56 Å². The first-order valence-corrected chi connectivity index (χ1v) is 14.7. The molecular weight excluding hydrogens is 452 g/mol. The Labute approximate surface area is 226 Å². The van der Waals surface area contributed by atoms with Crippen LogP contribution in [0.25, 0.3) is 0 Å². The maximum absolute atomic E-state index is 12.6. The molecule has 200 valence electrons. The van der Waals surface area contributed by atoms with Gasteiger partial charge in [-0.3, -0.25) is 0 Å². The fourth-order valence-corrected chi connectivity index (χ4v) is 7.13. The number of carbonyl (C=O) groups is 1. The van der Waals surface area contributed by atoms with Gasteiger partial charge in [-0.2, -0.15) is 0 Å². The van der Waals surface area contributed by atoms with E-state index in [1.807, 2.05) is 30.3 Å². The zero-order valence-corrected chi connectivity index (χ0v) is 23.8. The molecule has 0 N–H and O–H groups in total. The van der Waals surface area contributed by atoms with E-state index in [0.717, 1.165) is 25.2 Å². The molecule has 2 heteroatoms. The summed E-state index contributed by atoms with van der Waals surface area (Å²) in [5.41, 5.74) is 5.10. The summed E-state index contributed by atoms with van der Waals surface area (Å²) in [5, 5.41) is 0. The highest BCUT2D eigenvalue weighted by Gasteiger charge is 2.50. The third kappa shape index (κ3) is 6.39. The van der Waals surface area contributed by atoms with Gasteiger partial charge in [0.25, 0.3) is 0 Å². The normalized spacial score (nSPS) is 32.2. The predicted octanol–water partition coefficient (Wildman–Crippen LogP) is 9.51. The average molecular weight is 501 g/mol. The molecule has 3 saturated carbocycles. The molecule has 4 rings (SSSR count). The van der Waals surface area contributed by atoms with Gasteiger partial charge in [-0.05, 0) is 97.7 Å². The first-order valence-electron chi connectivity index (χ1n) is 14.7. The molecule has 0 radical (unpaired) electrons. The average Bonchev–Trinajstić information content (AvgIpc) is 3.25. The van der Waals surface area contributed by atoms with Gasteiger partial charge >= 0.3 is 5.97 Å². The van der Waals surface area contributed by atoms with Crippen LogP contribution < -0.4 is 0 Å². The van der Waals surface area contributed by atoms with E-state index in [1.54, 1.807) is 5.57 Å². The minimum absolute atomic E-state index is 0.0730. The summed E-state index contributed by atoms with van der Waals surface area (Å²) >= 11 is 0. The number of rotatable bonds is 7. The van der Waals surface area contributed by atoms with Crippen molar-refractivity contribution in [1.29, 1.82) is 0 Å². The quantitative estimate of drug-likeness (QED) is 0.275. The molecule has 1 aromatic carbocycles. The lowest BCUT2D eigenvalue weighted by atomic mass is 9.61. The summed E-state index contributed by atoms with van der Waals surface area (Å²) in [7, 11) is 0. The maximum Gasteiger partial charge on any atom is 0.338 e. The van der Waals surface area contributed by atoms with Crippen LogP contribution in [0, 0.1) is 35.0 Å². The summed E-state index contributed by atoms with van der Waals surface area (Å²) in [6.07, 6.45) is 18.7. The predicted molar refractivity (Wildman–Crippen MR) is 155 cm³/mol. The zero-order valence-electron chi connectivity index (χ0n) is 23.8. The molecule has 2 nitrogen and oxygen atoms in total. The van der Waals surface area contributed by atoms with Gasteiger partial charge in [-0.25, -0.2) is 4.79 Å². The summed E-state index contributed by atoms with van der Waals surface area (Å²) < 4.78 is 5.88. The zero-order chi connectivity index (χ0) is 26.6. The van der Waals surface area contributed by atoms with Gasteiger partial charge < -0.3 is 4.74 Å². The molecule has 0 unspecified atom stereocenters. The Balaban J connectivity index is 1.44. The van der Waals surface area contributed by atoms with Gasteiger partial charge in [0.2, 0.25) is 0 Å². The second-order valence-electron chi connectivity index (χ2n) is 12.6. The molecule has 0 heterocycles. The standard InChI is InChI=1S/C35H48O2/c1-24(2)25(3)14-15-27(5)32-20-21-33-28(13-10-22-35(32,33)6)17-18-30-23-31(19-16-26(30)4)37-34(36)29-11-8-7-9-12-29/h7-9,11-12,14-15,17-18,24-25,27,31-33H,4,10,13,16,19-23H2,1-3,5-6H3/t25-,27+,31-,32+,33+,35+/m0/s1. The smallest absolute Gasteiger partial charge is 0.338 e. The van der Waals surface area contributed by atoms with Gasteiger partial charge in [-0.15, -0.1) is 0 Å². The Kier molecular flexibility index (Phi) is 8.98. The molecule has 3 aliphatic carbocycles. The number of ether oxygens (including phenoxy) is 1. The SMILES string of the molecule is C=C1CC[C@H](OC(=O)c2ccccc2)CC1=CC=C1CCC[C@@]2(C)[C@@H]1CC[C@@H]2[C@H](C)C=C[C@H](C)C(C)C. The van der Waals surface area contributed by atoms with Crippen molar-refractivity contribution in [3.63, 3.8) is 0 Å². The molecule has 6 atom stereocenters. The minimum Gasteiger partial charge on any atom is -0.458 e. The third-order valence-corrected chi connectivity index (χ3v) is 9.89. The van der Waals surface area contributed by atoms with Crippen molar-refractivity contribution in [3.8, 4) is 0 Å². The van der Waals surface area contributed by atoms with E-state index in [-0.39, 0.29) is 12.1 Å². The molecule has 37 heavy (non-hydrogen) atoms. The molecular formula is C35H48O2. The minimum atomic E-state index is -0.221. The monoisotopic (exact) mass is 500 g/mol. The van der Waals surface area contributed by atoms with Crippen LogP contribution in [0.4, 0.5) is 0 Å². The van der Waals surface area contributed by atoms with E-state index < -0.39 is 0 Å². The van der Waals surface area contributed by atoms with Crippen LogP contribution in [0.3, 0.4) is 0 Å². The van der Waals surface area contributed by atoms with Gasteiger partial charge in [0, 0.05) is 6.42 Å². The highest BCUT2D eigenvalue weighted by Crippen LogP contribution is 2.59. The summed E-state index contributed by atoms with van der Waals surface area (Å²) in [5.74, 6) is 3.19. The highest BCUT2D eigenvalue weighted by atomic mass is 16.5. The van der Waals surface area contributed by atoms with Crippen LogP contribution in [0.15, 0.2) is 77.9 Å². The van der Waals surface area contributed by atoms with Gasteiger partial charge in [-0.1, -0.05) is 94.8 Å². The van der Waals surface area contributed by atoms with Crippen molar-refractivity contribution >= 4 is 5.97 Å². The topological polar surface area (TPSA) is 26.3 Å². The summed E-state index contributed by atoms with van der Waals surface area (Å²) in [6, 6.07) is 9.32. The van der Waals surface area contributed by atoms with Crippen LogP contribution in [-0.2, 0) is 4.74 Å². The van der Waals surface area contributed by atoms with Crippen LogP contribution in [0.2, 0.25) is 0 Å². The largest absolute Gasteiger partial charge is 0.458 e. The fourth-order valence-electron chi connectivity index (χ4n) is 7.13. The second-order valence-corrected chi connectivity index (χ2v) is 12.6. The third-order valence-electron chi connectivity index (χ3n) is 9.89. The lowest BCUT2D eigenvalue weighted by Gasteiger charge is -2.44. The van der Waals surface area contributed by atoms with Crippen LogP contribution >= 0.6 is 0 Å². The van der Waals surface area contributed by atoms with Crippen LogP contribution in [0.1, 0.15) is 96.3 Å². The van der Waals surface area contributed by atoms with Crippen molar-refractivity contribution < 1.29 is 9.53 Å². The van der Waals surface area contributed by atoms with Crippen molar-refractivity contribution in [1.82, 2.24) is 0 Å². The highest BCUT2D eigenvalue weighted by molar-refractivity contribution is 5.89. The van der Waals surface area contributed by atoms with E-state index in [2.05, 4.69) is 65.5 Å². The summed E-state index contributed by atoms with van der Waals surface area (Å²) in [6.45, 7) is 16.3. The molecule has 0 spiro atoms. The van der Waals surface area contributed by atoms with Crippen molar-refractivity contribution in [2.75, 3.05) is 0 Å². The molecule has 0 saturated heterocycles. The number of esters is 1. The van der Waals surface area contributed by atoms with E-state index >= 15 is 0 Å². The Morgan fingerprint density at radius 3 is 2.51 bits per heavy atom. The number of carbonyl (C=O) groups excluding carboxylic acids is 1. The van der Waals surface area contributed by atoms with Crippen molar-refractivity contribution in [3.05, 3.63) is 83.5 Å². The Morgan fingerprint density at radius 2 is 1.78 bits per heavy atom. The molecule has 1 aromatic rings. The van der Waals surface area contributed by atoms with Crippen LogP contribution in [-0.4, -0.2) is 12.1 Å². The Morgan fingerprint density at radius 1 is 1.03 bits per heavy atom. The second kappa shape index (κ2) is 12.0. The van der Waals surface area contributed by atoms with Crippen molar-refractivity contribution in [2.24, 2.45) is 35.0 Å². The van der Waals surface area contributed by atoms with Crippen molar-refractivity contribution in [2.45, 2.75) is 92.1 Å². The molecule has 0 aromatic heterocycles. The fraction of sp³-hybridized carbons (Fsp3) is 0.571. The summed E-state index contributed by atoms with van der Waals surface area (Å²) in [4.78, 5) is 12.6. The number of allylic oxidation sites excluding steroid dienone is 6. The molecule has 3 fully saturated rings. The molecule has 0 amide bonds. The van der Waals surface area contributed by atoms with E-state index in [4.69, 9.17) is 4.74 Å². The van der Waals surface area contributed by atoms with Gasteiger partial charge in [0.15, 0.2) is 0 Å². The van der Waals surface area contributed by atoms with E-state index in [9.17, 15) is 4.79 Å². The Hall–Kier alpha value is -2.35. The van der Waals surface area contributed by atoms with E-state index in [1.165, 1.54) is 43.3 Å².